The van der Waals surface area contributed by atoms with E-state index < -0.39 is 11.9 Å². The highest BCUT2D eigenvalue weighted by atomic mass is 16.5. The van der Waals surface area contributed by atoms with Gasteiger partial charge in [-0.1, -0.05) is 12.1 Å². The molecule has 1 aliphatic rings. The van der Waals surface area contributed by atoms with Crippen LogP contribution in [0.2, 0.25) is 0 Å². The van der Waals surface area contributed by atoms with Crippen LogP contribution in [0.25, 0.3) is 0 Å². The number of aromatic nitrogens is 2. The van der Waals surface area contributed by atoms with E-state index in [2.05, 4.69) is 5.10 Å². The number of ether oxygens (including phenoxy) is 1. The third-order valence-corrected chi connectivity index (χ3v) is 4.21. The van der Waals surface area contributed by atoms with Crippen molar-refractivity contribution >= 4 is 11.9 Å². The first-order chi connectivity index (χ1) is 11.6. The van der Waals surface area contributed by atoms with Crippen molar-refractivity contribution in [3.63, 3.8) is 0 Å². The summed E-state index contributed by atoms with van der Waals surface area (Å²) in [4.78, 5) is 25.0. The minimum Gasteiger partial charge on any atom is -0.497 e. The fourth-order valence-corrected chi connectivity index (χ4v) is 2.81. The molecule has 0 saturated carbocycles. The normalized spacial score (nSPS) is 17.0. The molecule has 7 heteroatoms. The van der Waals surface area contributed by atoms with Crippen LogP contribution in [0.5, 0.6) is 5.75 Å². The number of carbonyl (C=O) groups is 2. The first kappa shape index (κ1) is 16.0. The zero-order valence-electron chi connectivity index (χ0n) is 13.4. The van der Waals surface area contributed by atoms with Gasteiger partial charge in [0.25, 0.3) is 5.91 Å². The molecule has 1 unspecified atom stereocenters. The van der Waals surface area contributed by atoms with Crippen LogP contribution in [0.3, 0.4) is 0 Å². The lowest BCUT2D eigenvalue weighted by molar-refractivity contribution is -0.141. The molecule has 126 valence electrons. The maximum Gasteiger partial charge on any atom is 0.308 e. The molecular weight excluding hydrogens is 310 g/mol. The van der Waals surface area contributed by atoms with Crippen molar-refractivity contribution in [1.29, 1.82) is 0 Å². The number of benzene rings is 1. The van der Waals surface area contributed by atoms with E-state index >= 15 is 0 Å². The molecule has 1 aromatic heterocycles. The van der Waals surface area contributed by atoms with Gasteiger partial charge in [-0.2, -0.15) is 5.10 Å². The van der Waals surface area contributed by atoms with Gasteiger partial charge < -0.3 is 14.7 Å². The predicted molar refractivity (Wildman–Crippen MR) is 86.0 cm³/mol. The van der Waals surface area contributed by atoms with Crippen LogP contribution < -0.4 is 4.74 Å². The van der Waals surface area contributed by atoms with E-state index in [4.69, 9.17) is 9.84 Å². The largest absolute Gasteiger partial charge is 0.497 e. The quantitative estimate of drug-likeness (QED) is 0.898. The van der Waals surface area contributed by atoms with Crippen LogP contribution in [-0.2, 0) is 11.3 Å². The Morgan fingerprint density at radius 1 is 1.33 bits per heavy atom. The van der Waals surface area contributed by atoms with Gasteiger partial charge in [-0.15, -0.1) is 0 Å². The molecule has 1 aromatic carbocycles. The van der Waals surface area contributed by atoms with E-state index in [0.29, 0.717) is 25.1 Å². The van der Waals surface area contributed by atoms with E-state index in [-0.39, 0.29) is 12.5 Å². The Kier molecular flexibility index (Phi) is 4.50. The summed E-state index contributed by atoms with van der Waals surface area (Å²) < 4.78 is 6.82. The molecule has 0 spiro atoms. The molecule has 1 saturated heterocycles. The Morgan fingerprint density at radius 2 is 2.08 bits per heavy atom. The number of carboxylic acid groups (broad SMARTS) is 1. The van der Waals surface area contributed by atoms with Crippen LogP contribution in [-0.4, -0.2) is 51.9 Å². The maximum absolute atomic E-state index is 12.4. The second-order valence-electron chi connectivity index (χ2n) is 5.85. The highest BCUT2D eigenvalue weighted by Crippen LogP contribution is 2.19. The number of hydrogen-bond acceptors (Lipinski definition) is 4. The smallest absolute Gasteiger partial charge is 0.308 e. The van der Waals surface area contributed by atoms with E-state index in [1.54, 1.807) is 22.9 Å². The summed E-state index contributed by atoms with van der Waals surface area (Å²) in [6.07, 6.45) is 3.72. The fourth-order valence-electron chi connectivity index (χ4n) is 2.81. The summed E-state index contributed by atoms with van der Waals surface area (Å²) in [6.45, 7) is 1.28. The van der Waals surface area contributed by atoms with Crippen LogP contribution in [0.1, 0.15) is 22.3 Å². The molecule has 1 N–H and O–H groups in total. The van der Waals surface area contributed by atoms with Crippen molar-refractivity contribution in [3.8, 4) is 5.75 Å². The number of aliphatic carboxylic acids is 1. The molecule has 3 rings (SSSR count). The second kappa shape index (κ2) is 6.74. The lowest BCUT2D eigenvalue weighted by Crippen LogP contribution is -2.29. The minimum absolute atomic E-state index is 0.167. The molecular formula is C17H19N3O4. The molecule has 2 heterocycles. The monoisotopic (exact) mass is 329 g/mol. The van der Waals surface area contributed by atoms with Crippen molar-refractivity contribution < 1.29 is 19.4 Å². The average molecular weight is 329 g/mol. The first-order valence-electron chi connectivity index (χ1n) is 7.74. The van der Waals surface area contributed by atoms with Crippen LogP contribution >= 0.6 is 0 Å². The molecule has 1 atom stereocenters. The standard InChI is InChI=1S/C17H19N3O4/c1-24-15-4-2-12(3-5-15)9-20-11-14(8-18-20)16(21)19-7-6-13(10-19)17(22)23/h2-5,8,11,13H,6-7,9-10H2,1H3,(H,22,23). The topological polar surface area (TPSA) is 84.7 Å². The van der Waals surface area contributed by atoms with Crippen molar-refractivity contribution in [2.24, 2.45) is 5.92 Å². The second-order valence-corrected chi connectivity index (χ2v) is 5.85. The Hall–Kier alpha value is -2.83. The summed E-state index contributed by atoms with van der Waals surface area (Å²) in [7, 11) is 1.62. The van der Waals surface area contributed by atoms with Crippen molar-refractivity contribution in [3.05, 3.63) is 47.8 Å². The molecule has 0 aliphatic carbocycles. The lowest BCUT2D eigenvalue weighted by atomic mass is 10.1. The van der Waals surface area contributed by atoms with E-state index in [0.717, 1.165) is 11.3 Å². The van der Waals surface area contributed by atoms with Crippen LogP contribution in [0.4, 0.5) is 0 Å². The summed E-state index contributed by atoms with van der Waals surface area (Å²) in [5.41, 5.74) is 1.53. The maximum atomic E-state index is 12.4. The number of amides is 1. The Labute approximate surface area is 139 Å². The molecule has 0 radical (unpaired) electrons. The molecule has 2 aromatic rings. The van der Waals surface area contributed by atoms with Gasteiger partial charge in [-0.25, -0.2) is 0 Å². The summed E-state index contributed by atoms with van der Waals surface area (Å²) in [6, 6.07) is 7.64. The molecule has 1 aliphatic heterocycles. The molecule has 24 heavy (non-hydrogen) atoms. The van der Waals surface area contributed by atoms with E-state index in [9.17, 15) is 9.59 Å². The predicted octanol–water partition coefficient (Wildman–Crippen LogP) is 1.49. The molecule has 1 fully saturated rings. The molecule has 0 bridgehead atoms. The highest BCUT2D eigenvalue weighted by molar-refractivity contribution is 5.94. The number of methoxy groups -OCH3 is 1. The Balaban J connectivity index is 1.64. The summed E-state index contributed by atoms with van der Waals surface area (Å²) >= 11 is 0. The third-order valence-electron chi connectivity index (χ3n) is 4.21. The van der Waals surface area contributed by atoms with E-state index in [1.807, 2.05) is 24.3 Å². The van der Waals surface area contributed by atoms with Crippen molar-refractivity contribution in [2.75, 3.05) is 20.2 Å². The van der Waals surface area contributed by atoms with Gasteiger partial charge in [0.2, 0.25) is 0 Å². The number of carboxylic acids is 1. The van der Waals surface area contributed by atoms with Gasteiger partial charge in [0.1, 0.15) is 5.75 Å². The van der Waals surface area contributed by atoms with Gasteiger partial charge in [0.15, 0.2) is 0 Å². The number of hydrogen-bond donors (Lipinski definition) is 1. The zero-order valence-corrected chi connectivity index (χ0v) is 13.4. The number of rotatable bonds is 5. The van der Waals surface area contributed by atoms with Gasteiger partial charge in [-0.05, 0) is 24.1 Å². The Morgan fingerprint density at radius 3 is 2.71 bits per heavy atom. The SMILES string of the molecule is COc1ccc(Cn2cc(C(=O)N3CCC(C(=O)O)C3)cn2)cc1. The first-order valence-corrected chi connectivity index (χ1v) is 7.74. The van der Waals surface area contributed by atoms with Gasteiger partial charge in [0.05, 0.1) is 31.3 Å². The highest BCUT2D eigenvalue weighted by Gasteiger charge is 2.31. The number of carbonyl (C=O) groups excluding carboxylic acids is 1. The zero-order chi connectivity index (χ0) is 17.1. The van der Waals surface area contributed by atoms with Crippen LogP contribution in [0, 0.1) is 5.92 Å². The minimum atomic E-state index is -0.847. The summed E-state index contributed by atoms with van der Waals surface area (Å²) in [5, 5.41) is 13.2. The van der Waals surface area contributed by atoms with E-state index in [1.165, 1.54) is 6.20 Å². The number of nitrogens with zero attached hydrogens (tertiary/aromatic N) is 3. The molecule has 1 amide bonds. The third kappa shape index (κ3) is 3.40. The van der Waals surface area contributed by atoms with Gasteiger partial charge >= 0.3 is 5.97 Å². The lowest BCUT2D eigenvalue weighted by Gasteiger charge is -2.14. The van der Waals surface area contributed by atoms with Crippen LogP contribution in [0.15, 0.2) is 36.7 Å². The fraction of sp³-hybridized carbons (Fsp3) is 0.353. The van der Waals surface area contributed by atoms with Crippen molar-refractivity contribution in [2.45, 2.75) is 13.0 Å². The number of likely N-dealkylation sites (tertiary alicyclic amines) is 1. The molecule has 7 nitrogen and oxygen atoms in total. The average Bonchev–Trinajstić information content (AvgIpc) is 3.24. The Bertz CT molecular complexity index is 739. The van der Waals surface area contributed by atoms with Gasteiger partial charge in [0, 0.05) is 19.3 Å². The van der Waals surface area contributed by atoms with Crippen molar-refractivity contribution in [1.82, 2.24) is 14.7 Å². The van der Waals surface area contributed by atoms with Gasteiger partial charge in [-0.3, -0.25) is 14.3 Å². The summed E-state index contributed by atoms with van der Waals surface area (Å²) in [5.74, 6) is -0.694.